The highest BCUT2D eigenvalue weighted by Gasteiger charge is 2.25. The number of halogens is 2. The van der Waals surface area contributed by atoms with Gasteiger partial charge in [-0.05, 0) is 78.8 Å². The van der Waals surface area contributed by atoms with Gasteiger partial charge in [0.1, 0.15) is 11.6 Å². The van der Waals surface area contributed by atoms with Crippen LogP contribution in [0.5, 0.6) is 0 Å². The highest BCUT2D eigenvalue weighted by molar-refractivity contribution is 5.73. The first-order valence-electron chi connectivity index (χ1n) is 11.1. The zero-order valence-electron chi connectivity index (χ0n) is 18.0. The monoisotopic (exact) mass is 430 g/mol. The second-order valence-corrected chi connectivity index (χ2v) is 8.55. The summed E-state index contributed by atoms with van der Waals surface area (Å²) in [7, 11) is 0. The van der Waals surface area contributed by atoms with Crippen molar-refractivity contribution in [3.05, 3.63) is 70.3 Å². The van der Waals surface area contributed by atoms with Gasteiger partial charge in [0.2, 0.25) is 5.91 Å². The van der Waals surface area contributed by atoms with Gasteiger partial charge in [0, 0.05) is 25.1 Å². The average molecular weight is 431 g/mol. The van der Waals surface area contributed by atoms with Crippen LogP contribution in [0.4, 0.5) is 8.78 Å². The summed E-state index contributed by atoms with van der Waals surface area (Å²) in [6, 6.07) is 10.1. The number of benzene rings is 2. The molecule has 2 aromatic rings. The second kappa shape index (κ2) is 10.8. The molecule has 1 aliphatic carbocycles. The lowest BCUT2D eigenvalue weighted by molar-refractivity contribution is -0.118. The van der Waals surface area contributed by atoms with Crippen LogP contribution < -0.4 is 11.1 Å². The maximum Gasteiger partial charge on any atom is 0.217 e. The molecule has 0 bridgehead atoms. The molecular weight excluding hydrogens is 398 g/mol. The van der Waals surface area contributed by atoms with E-state index in [-0.39, 0.29) is 24.8 Å². The van der Waals surface area contributed by atoms with E-state index in [1.807, 2.05) is 0 Å². The lowest BCUT2D eigenvalue weighted by atomic mass is 9.85. The van der Waals surface area contributed by atoms with Crippen LogP contribution in [0.1, 0.15) is 60.9 Å². The highest BCUT2D eigenvalue weighted by Crippen LogP contribution is 2.31. The van der Waals surface area contributed by atoms with Crippen LogP contribution in [0.2, 0.25) is 0 Å². The van der Waals surface area contributed by atoms with E-state index in [2.05, 4.69) is 30.4 Å². The van der Waals surface area contributed by atoms with E-state index < -0.39 is 23.6 Å². The quantitative estimate of drug-likeness (QED) is 0.534. The number of nitrogens with one attached hydrogen (secondary N) is 1. The van der Waals surface area contributed by atoms with E-state index in [0.29, 0.717) is 18.5 Å². The number of aryl methyl sites for hydroxylation is 2. The molecule has 2 aromatic carbocycles. The molecule has 0 aromatic heterocycles. The Morgan fingerprint density at radius 3 is 2.61 bits per heavy atom. The van der Waals surface area contributed by atoms with Gasteiger partial charge in [0.25, 0.3) is 0 Å². The molecule has 0 heterocycles. The summed E-state index contributed by atoms with van der Waals surface area (Å²) in [5.41, 5.74) is 9.68. The summed E-state index contributed by atoms with van der Waals surface area (Å²) in [6.45, 7) is 2.47. The zero-order valence-corrected chi connectivity index (χ0v) is 18.0. The fourth-order valence-corrected chi connectivity index (χ4v) is 4.50. The Morgan fingerprint density at radius 2 is 1.94 bits per heavy atom. The Labute approximate surface area is 182 Å². The second-order valence-electron chi connectivity index (χ2n) is 8.55. The number of hydrogen-bond donors (Lipinski definition) is 3. The molecule has 4 nitrogen and oxygen atoms in total. The first kappa shape index (κ1) is 23.4. The predicted molar refractivity (Wildman–Crippen MR) is 117 cm³/mol. The molecule has 3 rings (SSSR count). The van der Waals surface area contributed by atoms with Crippen molar-refractivity contribution in [1.29, 1.82) is 0 Å². The van der Waals surface area contributed by atoms with Crippen LogP contribution in [-0.2, 0) is 24.1 Å². The molecule has 1 amide bonds. The summed E-state index contributed by atoms with van der Waals surface area (Å²) >= 11 is 0. The van der Waals surface area contributed by atoms with Crippen molar-refractivity contribution in [3.8, 4) is 0 Å². The van der Waals surface area contributed by atoms with Crippen LogP contribution in [-0.4, -0.2) is 23.7 Å². The van der Waals surface area contributed by atoms with Crippen LogP contribution in [0.3, 0.4) is 0 Å². The standard InChI is InChI=1S/C25H32F2N2O2/c1-2-16-6-7-18-4-3-5-23(22(18)13-16)29-15-24(30)19(8-9-25(28)31)10-17-11-20(26)14-21(27)12-17/h6-7,11-14,19,23-24,29-30H,2-5,8-10,15H2,1H3,(H2,28,31). The van der Waals surface area contributed by atoms with Gasteiger partial charge in [0.15, 0.2) is 0 Å². The fourth-order valence-electron chi connectivity index (χ4n) is 4.50. The lowest BCUT2D eigenvalue weighted by Gasteiger charge is -2.30. The molecule has 168 valence electrons. The molecule has 0 radical (unpaired) electrons. The topological polar surface area (TPSA) is 75.3 Å². The van der Waals surface area contributed by atoms with Gasteiger partial charge in [0.05, 0.1) is 6.10 Å². The molecule has 31 heavy (non-hydrogen) atoms. The molecule has 0 saturated carbocycles. The van der Waals surface area contributed by atoms with Crippen molar-refractivity contribution in [2.24, 2.45) is 11.7 Å². The summed E-state index contributed by atoms with van der Waals surface area (Å²) in [5, 5.41) is 14.4. The molecule has 0 saturated heterocycles. The van der Waals surface area contributed by atoms with Crippen molar-refractivity contribution >= 4 is 5.91 Å². The fraction of sp³-hybridized carbons (Fsp3) is 0.480. The van der Waals surface area contributed by atoms with E-state index in [0.717, 1.165) is 31.7 Å². The minimum Gasteiger partial charge on any atom is -0.392 e. The molecule has 0 fully saturated rings. The first-order valence-corrected chi connectivity index (χ1v) is 11.1. The van der Waals surface area contributed by atoms with Crippen molar-refractivity contribution in [3.63, 3.8) is 0 Å². The molecule has 0 aliphatic heterocycles. The Hall–Kier alpha value is -2.31. The highest BCUT2D eigenvalue weighted by atomic mass is 19.1. The largest absolute Gasteiger partial charge is 0.392 e. The van der Waals surface area contributed by atoms with E-state index in [4.69, 9.17) is 5.73 Å². The van der Waals surface area contributed by atoms with Crippen LogP contribution >= 0.6 is 0 Å². The number of fused-ring (bicyclic) bond motifs is 1. The van der Waals surface area contributed by atoms with Crippen molar-refractivity contribution in [2.45, 2.75) is 64.0 Å². The Bertz CT molecular complexity index is 883. The molecule has 6 heteroatoms. The molecule has 3 atom stereocenters. The van der Waals surface area contributed by atoms with E-state index in [9.17, 15) is 18.7 Å². The number of aliphatic hydroxyl groups is 1. The lowest BCUT2D eigenvalue weighted by Crippen LogP contribution is -2.37. The van der Waals surface area contributed by atoms with Gasteiger partial charge < -0.3 is 16.2 Å². The molecule has 0 spiro atoms. The van der Waals surface area contributed by atoms with Gasteiger partial charge >= 0.3 is 0 Å². The van der Waals surface area contributed by atoms with Gasteiger partial charge in [-0.15, -0.1) is 0 Å². The number of primary amides is 1. The van der Waals surface area contributed by atoms with E-state index in [1.165, 1.54) is 28.8 Å². The van der Waals surface area contributed by atoms with Crippen LogP contribution in [0, 0.1) is 17.6 Å². The summed E-state index contributed by atoms with van der Waals surface area (Å²) in [5.74, 6) is -2.10. The number of hydrogen-bond acceptors (Lipinski definition) is 3. The molecule has 4 N–H and O–H groups in total. The van der Waals surface area contributed by atoms with Gasteiger partial charge in [-0.25, -0.2) is 8.78 Å². The van der Waals surface area contributed by atoms with Crippen LogP contribution in [0.25, 0.3) is 0 Å². The zero-order chi connectivity index (χ0) is 22.4. The molecular formula is C25H32F2N2O2. The smallest absolute Gasteiger partial charge is 0.217 e. The Morgan fingerprint density at radius 1 is 1.19 bits per heavy atom. The predicted octanol–water partition coefficient (Wildman–Crippen LogP) is 3.98. The van der Waals surface area contributed by atoms with Gasteiger partial charge in [-0.3, -0.25) is 4.79 Å². The number of amides is 1. The Kier molecular flexibility index (Phi) is 8.15. The van der Waals surface area contributed by atoms with E-state index in [1.54, 1.807) is 0 Å². The van der Waals surface area contributed by atoms with Crippen LogP contribution in [0.15, 0.2) is 36.4 Å². The maximum atomic E-state index is 13.6. The minimum absolute atomic E-state index is 0.117. The third-order valence-corrected chi connectivity index (χ3v) is 6.23. The maximum absolute atomic E-state index is 13.6. The average Bonchev–Trinajstić information content (AvgIpc) is 2.73. The summed E-state index contributed by atoms with van der Waals surface area (Å²) in [4.78, 5) is 11.3. The normalized spacial score (nSPS) is 17.7. The van der Waals surface area contributed by atoms with Crippen molar-refractivity contribution in [1.82, 2.24) is 5.32 Å². The third kappa shape index (κ3) is 6.58. The minimum atomic E-state index is -0.773. The molecule has 3 unspecified atom stereocenters. The van der Waals surface area contributed by atoms with Crippen molar-refractivity contribution in [2.75, 3.05) is 6.54 Å². The number of rotatable bonds is 10. The third-order valence-electron chi connectivity index (χ3n) is 6.23. The van der Waals surface area contributed by atoms with Gasteiger partial charge in [-0.2, -0.15) is 0 Å². The number of carbonyl (C=O) groups excluding carboxylic acids is 1. The SMILES string of the molecule is CCc1ccc2c(c1)C(NCC(O)C(CCC(N)=O)Cc1cc(F)cc(F)c1)CCC2. The molecule has 1 aliphatic rings. The number of nitrogens with two attached hydrogens (primary N) is 1. The Balaban J connectivity index is 1.69. The number of carbonyl (C=O) groups is 1. The van der Waals surface area contributed by atoms with Crippen molar-refractivity contribution < 1.29 is 18.7 Å². The first-order chi connectivity index (χ1) is 14.9. The summed E-state index contributed by atoms with van der Waals surface area (Å²) in [6.07, 6.45) is 4.09. The van der Waals surface area contributed by atoms with Gasteiger partial charge in [-0.1, -0.05) is 25.1 Å². The summed E-state index contributed by atoms with van der Waals surface area (Å²) < 4.78 is 27.2. The van der Waals surface area contributed by atoms with E-state index >= 15 is 0 Å². The number of aliphatic hydroxyl groups excluding tert-OH is 1.